The maximum atomic E-state index is 5.65. The Morgan fingerprint density at radius 1 is 0.771 bits per heavy atom. The van der Waals surface area contributed by atoms with Crippen molar-refractivity contribution < 1.29 is 28.0 Å². The van der Waals surface area contributed by atoms with Crippen LogP contribution in [0.5, 0.6) is 5.75 Å². The van der Waals surface area contributed by atoms with Gasteiger partial charge in [0.2, 0.25) is 0 Å². The Balaban J connectivity index is 0.000000162. The molecule has 0 N–H and O–H groups in total. The molecule has 0 bridgehead atoms. The van der Waals surface area contributed by atoms with Crippen molar-refractivity contribution in [3.8, 4) is 5.75 Å². The second kappa shape index (κ2) is 13.1. The average molecular weight is 603 g/mol. The molecule has 6 heteroatoms. The van der Waals surface area contributed by atoms with Gasteiger partial charge in [-0.1, -0.05) is 42.5 Å². The van der Waals surface area contributed by atoms with Crippen LogP contribution in [0.4, 0.5) is 0 Å². The first kappa shape index (κ1) is 28.0. The molecule has 0 heterocycles. The number of ether oxygens (including phenoxy) is 1. The Hall–Kier alpha value is -1.55. The summed E-state index contributed by atoms with van der Waals surface area (Å²) in [6.45, 7) is 10.8. The van der Waals surface area contributed by atoms with Crippen LogP contribution in [0.1, 0.15) is 13.8 Å². The van der Waals surface area contributed by atoms with E-state index in [1.165, 1.54) is 35.5 Å². The van der Waals surface area contributed by atoms with Crippen molar-refractivity contribution in [2.45, 2.75) is 33.5 Å². The maximum absolute atomic E-state index is 5.65. The predicted octanol–water partition coefficient (Wildman–Crippen LogP) is 9.58. The number of benzene rings is 3. The van der Waals surface area contributed by atoms with Crippen molar-refractivity contribution in [1.29, 1.82) is 0 Å². The molecule has 0 radical (unpaired) electrons. The molecule has 0 aliphatic heterocycles. The van der Waals surface area contributed by atoms with Gasteiger partial charge < -0.3 is 9.16 Å². The van der Waals surface area contributed by atoms with Crippen molar-refractivity contribution >= 4 is 60.9 Å². The van der Waals surface area contributed by atoms with E-state index in [4.69, 9.17) is 26.2 Å². The average Bonchev–Trinajstić information content (AvgIpc) is 3.40. The molecular weight excluding hydrogens is 571 g/mol. The summed E-state index contributed by atoms with van der Waals surface area (Å²) in [6, 6.07) is 31.6. The van der Waals surface area contributed by atoms with E-state index >= 15 is 0 Å². The van der Waals surface area contributed by atoms with Gasteiger partial charge >= 0.3 is 53.0 Å². The van der Waals surface area contributed by atoms with Crippen LogP contribution in [-0.4, -0.2) is 18.3 Å². The SMILES string of the molecule is C[C](C)=[Zr]([Cl])[Cl].C[Si](C)(C)OCOc1cc2ccccc2[cH-]1.c1ccc2c(c1)[cH-]c1ccccc12. The fourth-order valence-electron chi connectivity index (χ4n) is 3.38. The first-order chi connectivity index (χ1) is 16.6. The van der Waals surface area contributed by atoms with Crippen molar-refractivity contribution in [3.63, 3.8) is 0 Å². The zero-order valence-electron chi connectivity index (χ0n) is 20.9. The molecule has 0 atom stereocenters. The van der Waals surface area contributed by atoms with Gasteiger partial charge in [-0.25, -0.2) is 0 Å². The quantitative estimate of drug-likeness (QED) is 0.116. The third-order valence-electron chi connectivity index (χ3n) is 5.21. The number of halogens is 2. The van der Waals surface area contributed by atoms with Gasteiger partial charge in [0.25, 0.3) is 0 Å². The van der Waals surface area contributed by atoms with Crippen LogP contribution >= 0.6 is 17.0 Å². The summed E-state index contributed by atoms with van der Waals surface area (Å²) < 4.78 is 12.5. The predicted molar refractivity (Wildman–Crippen MR) is 155 cm³/mol. The van der Waals surface area contributed by atoms with Gasteiger partial charge in [-0.05, 0) is 19.6 Å². The second-order valence-electron chi connectivity index (χ2n) is 9.42. The molecule has 35 heavy (non-hydrogen) atoms. The Bertz CT molecular complexity index is 1310. The number of hydrogen-bond donors (Lipinski definition) is 0. The van der Waals surface area contributed by atoms with Crippen LogP contribution in [0.15, 0.2) is 91.0 Å². The second-order valence-corrected chi connectivity index (χ2v) is 23.3. The minimum atomic E-state index is -1.84. The molecule has 5 aromatic carbocycles. The summed E-state index contributed by atoms with van der Waals surface area (Å²) in [5, 5.41) is 7.82. The Morgan fingerprint density at radius 3 is 1.74 bits per heavy atom. The first-order valence-corrected chi connectivity index (χ1v) is 22.5. The standard InChI is InChI=1S/C13H17O2Si.C13H9.C3H6.2ClH.Zr/c1-16(2,3)15-10-14-13-8-11-6-4-5-7-12(11)9-13;1-3-7-12-10(5-1)9-11-6-2-4-8-13(11)12;1-3-2;;;/h4-9H,10H2,1-3H3;1-9H;1-2H3;2*1H;/q2*-1;;;;+2/p-2. The van der Waals surface area contributed by atoms with Crippen LogP contribution < -0.4 is 4.74 Å². The normalized spacial score (nSPS) is 10.9. The van der Waals surface area contributed by atoms with E-state index in [-0.39, 0.29) is 0 Å². The fraction of sp³-hybridized carbons (Fsp3) is 0.207. The molecule has 0 amide bonds. The van der Waals surface area contributed by atoms with Crippen LogP contribution in [0.2, 0.25) is 19.6 Å². The van der Waals surface area contributed by atoms with Crippen molar-refractivity contribution in [2.24, 2.45) is 0 Å². The van der Waals surface area contributed by atoms with Crippen molar-refractivity contribution in [1.82, 2.24) is 0 Å². The van der Waals surface area contributed by atoms with Gasteiger partial charge in [0, 0.05) is 5.75 Å². The molecule has 184 valence electrons. The third kappa shape index (κ3) is 8.81. The van der Waals surface area contributed by atoms with Crippen molar-refractivity contribution in [2.75, 3.05) is 6.79 Å². The van der Waals surface area contributed by atoms with E-state index in [9.17, 15) is 0 Å². The topological polar surface area (TPSA) is 18.5 Å². The first-order valence-electron chi connectivity index (χ1n) is 11.6. The van der Waals surface area contributed by atoms with Gasteiger partial charge in [0.1, 0.15) is 0 Å². The molecule has 0 saturated carbocycles. The molecule has 5 aromatic rings. The van der Waals surface area contributed by atoms with Gasteiger partial charge in [0.15, 0.2) is 15.1 Å². The Morgan fingerprint density at radius 2 is 1.26 bits per heavy atom. The monoisotopic (exact) mass is 600 g/mol. The summed E-state index contributed by atoms with van der Waals surface area (Å²) in [5.41, 5.74) is 0. The summed E-state index contributed by atoms with van der Waals surface area (Å²) in [7, 11) is 9.60. The summed E-state index contributed by atoms with van der Waals surface area (Å²) in [6.07, 6.45) is 0. The summed E-state index contributed by atoms with van der Waals surface area (Å²) >= 11 is -1.84. The molecule has 2 nitrogen and oxygen atoms in total. The van der Waals surface area contributed by atoms with Crippen LogP contribution in [-0.2, 0) is 23.3 Å². The van der Waals surface area contributed by atoms with Gasteiger partial charge in [0.05, 0.1) is 0 Å². The molecule has 0 unspecified atom stereocenters. The van der Waals surface area contributed by atoms with E-state index < -0.39 is 27.2 Å². The zero-order chi connectivity index (χ0) is 25.4. The molecule has 0 saturated heterocycles. The fourth-order valence-corrected chi connectivity index (χ4v) is 3.80. The zero-order valence-corrected chi connectivity index (χ0v) is 25.9. The number of rotatable bonds is 4. The summed E-state index contributed by atoms with van der Waals surface area (Å²) in [4.78, 5) is 0. The minimum Gasteiger partial charge on any atom is -0.489 e. The number of fused-ring (bicyclic) bond motifs is 4. The minimum absolute atomic E-state index is 0.353. The maximum Gasteiger partial charge on any atom is 0.188 e. The van der Waals surface area contributed by atoms with E-state index in [1.54, 1.807) is 0 Å². The Kier molecular flexibility index (Phi) is 10.5. The molecule has 0 aliphatic rings. The van der Waals surface area contributed by atoms with Crippen molar-refractivity contribution in [3.05, 3.63) is 91.0 Å². The van der Waals surface area contributed by atoms with Crippen LogP contribution in [0, 0.1) is 0 Å². The van der Waals surface area contributed by atoms with E-state index in [1.807, 2.05) is 38.1 Å². The van der Waals surface area contributed by atoms with Crippen LogP contribution in [0.3, 0.4) is 0 Å². The van der Waals surface area contributed by atoms with Gasteiger partial charge in [-0.15, -0.1) is 80.8 Å². The van der Waals surface area contributed by atoms with E-state index in [2.05, 4.69) is 86.4 Å². The number of hydrogen-bond acceptors (Lipinski definition) is 2. The van der Waals surface area contributed by atoms with E-state index in [0.717, 1.165) is 5.75 Å². The molecule has 5 rings (SSSR count). The van der Waals surface area contributed by atoms with E-state index in [0.29, 0.717) is 6.79 Å². The van der Waals surface area contributed by atoms with Gasteiger partial charge in [-0.3, -0.25) is 0 Å². The van der Waals surface area contributed by atoms with Gasteiger partial charge in [-0.2, -0.15) is 0 Å². The molecule has 0 aliphatic carbocycles. The molecule has 0 aromatic heterocycles. The largest absolute Gasteiger partial charge is 0.489 e. The third-order valence-corrected chi connectivity index (χ3v) is 12.5. The molecular formula is C29H32Cl2O2SiZr-2. The Labute approximate surface area is 224 Å². The van der Waals surface area contributed by atoms with Crippen LogP contribution in [0.25, 0.3) is 32.3 Å². The smallest absolute Gasteiger partial charge is 0.188 e. The molecule has 0 fully saturated rings. The molecule has 0 spiro atoms. The summed E-state index contributed by atoms with van der Waals surface area (Å²) in [5.74, 6) is 0.888.